The molecule has 0 bridgehead atoms. The minimum Gasteiger partial charge on any atom is -0.494 e. The van der Waals surface area contributed by atoms with Crippen LogP contribution >= 0.6 is 11.3 Å². The molecule has 1 aliphatic heterocycles. The van der Waals surface area contributed by atoms with Gasteiger partial charge in [-0.3, -0.25) is 4.79 Å². The zero-order valence-corrected chi connectivity index (χ0v) is 23.6. The third-order valence-corrected chi connectivity index (χ3v) is 8.22. The minimum atomic E-state index is -0.277. The third kappa shape index (κ3) is 4.76. The van der Waals surface area contributed by atoms with Crippen LogP contribution in [0, 0.1) is 0 Å². The average molecular weight is 554 g/mol. The summed E-state index contributed by atoms with van der Waals surface area (Å²) in [6.45, 7) is 7.18. The van der Waals surface area contributed by atoms with Crippen LogP contribution in [0.3, 0.4) is 0 Å². The number of para-hydroxylation sites is 1. The Hall–Kier alpha value is -4.41. The number of benzene rings is 2. The quantitative estimate of drug-likeness (QED) is 0.258. The Labute approximate surface area is 236 Å². The molecule has 0 unspecified atom stereocenters. The molecule has 2 aromatic carbocycles. The normalized spacial score (nSPS) is 14.0. The van der Waals surface area contributed by atoms with Crippen molar-refractivity contribution in [1.29, 1.82) is 0 Å². The number of aromatic nitrogens is 3. The van der Waals surface area contributed by atoms with E-state index in [9.17, 15) is 4.79 Å². The summed E-state index contributed by atoms with van der Waals surface area (Å²) in [5.41, 5.74) is 6.10. The smallest absolute Gasteiger partial charge is 0.247 e. The fraction of sp³-hybridized carbons (Fsp3) is 0.233. The van der Waals surface area contributed by atoms with Crippen LogP contribution in [0.5, 0.6) is 5.75 Å². The highest BCUT2D eigenvalue weighted by molar-refractivity contribution is 7.17. The van der Waals surface area contributed by atoms with Crippen molar-refractivity contribution < 1.29 is 9.53 Å². The lowest BCUT2D eigenvalue weighted by Gasteiger charge is -2.35. The van der Waals surface area contributed by atoms with E-state index in [1.807, 2.05) is 30.6 Å². The molecule has 0 radical (unpaired) electrons. The van der Waals surface area contributed by atoms with Gasteiger partial charge in [0.1, 0.15) is 5.75 Å². The summed E-state index contributed by atoms with van der Waals surface area (Å²) < 4.78 is 8.96. The highest BCUT2D eigenvalue weighted by atomic mass is 32.1. The van der Waals surface area contributed by atoms with Crippen LogP contribution in [0.4, 0.5) is 23.0 Å². The zero-order chi connectivity index (χ0) is 27.8. The maximum atomic E-state index is 12.4. The molecule has 1 fully saturated rings. The minimum absolute atomic E-state index is 0.277. The molecule has 2 N–H and O–H groups in total. The Balaban J connectivity index is 1.44. The summed E-state index contributed by atoms with van der Waals surface area (Å²) in [6, 6.07) is 14.2. The number of ether oxygens (including phenoxy) is 1. The number of nitrogens with one attached hydrogen (secondary N) is 2. The average Bonchev–Trinajstić information content (AvgIpc) is 3.60. The van der Waals surface area contributed by atoms with E-state index < -0.39 is 0 Å². The number of hydrogen-bond donors (Lipinski definition) is 2. The van der Waals surface area contributed by atoms with Gasteiger partial charge in [-0.25, -0.2) is 9.97 Å². The molecule has 4 heterocycles. The second kappa shape index (κ2) is 10.6. The molecule has 204 valence electrons. The van der Waals surface area contributed by atoms with Crippen molar-refractivity contribution in [3.8, 4) is 17.0 Å². The van der Waals surface area contributed by atoms with Crippen LogP contribution in [-0.4, -0.2) is 65.7 Å². The van der Waals surface area contributed by atoms with E-state index in [4.69, 9.17) is 14.7 Å². The number of piperazine rings is 1. The van der Waals surface area contributed by atoms with Gasteiger partial charge in [-0.1, -0.05) is 24.8 Å². The standard InChI is InChI=1S/C30H31N7O2S/c1-5-26(38)31-22-17-23(25(39-4)18-24(22)37-14-12-35(2)13-15-37)33-30-32-21-10-16-40-29(21)27(34-30)20-8-6-7-19-9-11-36(3)28(19)20/h5-11,16-18H,1,12-15H2,2-4H3,(H,31,38)(H,32,33,34). The molecule has 9 nitrogen and oxygen atoms in total. The number of carbonyl (C=O) groups is 1. The van der Waals surface area contributed by atoms with Gasteiger partial charge >= 0.3 is 0 Å². The first-order valence-electron chi connectivity index (χ1n) is 13.1. The fourth-order valence-electron chi connectivity index (χ4n) is 5.20. The van der Waals surface area contributed by atoms with Crippen LogP contribution in [0.25, 0.3) is 32.4 Å². The van der Waals surface area contributed by atoms with Crippen LogP contribution in [0.15, 0.2) is 66.7 Å². The molecule has 10 heteroatoms. The fourth-order valence-corrected chi connectivity index (χ4v) is 6.03. The van der Waals surface area contributed by atoms with Gasteiger partial charge in [-0.15, -0.1) is 11.3 Å². The molecule has 5 aromatic rings. The molecule has 1 saturated heterocycles. The van der Waals surface area contributed by atoms with E-state index in [1.54, 1.807) is 18.4 Å². The molecule has 1 aliphatic rings. The highest BCUT2D eigenvalue weighted by Gasteiger charge is 2.22. The number of likely N-dealkylation sites (N-methyl/N-ethyl adjacent to an activating group) is 1. The Morgan fingerprint density at radius 2 is 1.90 bits per heavy atom. The van der Waals surface area contributed by atoms with E-state index in [-0.39, 0.29) is 5.91 Å². The maximum absolute atomic E-state index is 12.4. The lowest BCUT2D eigenvalue weighted by Crippen LogP contribution is -2.44. The van der Waals surface area contributed by atoms with Gasteiger partial charge in [0.2, 0.25) is 11.9 Å². The van der Waals surface area contributed by atoms with E-state index in [2.05, 4.69) is 69.1 Å². The van der Waals surface area contributed by atoms with E-state index in [0.717, 1.165) is 64.2 Å². The Morgan fingerprint density at radius 1 is 1.07 bits per heavy atom. The summed E-state index contributed by atoms with van der Waals surface area (Å²) in [5, 5.41) is 9.56. The van der Waals surface area contributed by atoms with E-state index in [1.165, 1.54) is 6.08 Å². The number of nitrogens with zero attached hydrogens (tertiary/aromatic N) is 5. The number of thiophene rings is 1. The molecular weight excluding hydrogens is 522 g/mol. The molecule has 1 amide bonds. The SMILES string of the molecule is C=CC(=O)Nc1cc(Nc2nc(-c3cccc4ccn(C)c34)c3sccc3n2)c(OC)cc1N1CCN(C)CC1. The van der Waals surface area contributed by atoms with Gasteiger partial charge in [0, 0.05) is 56.4 Å². The number of fused-ring (bicyclic) bond motifs is 2. The highest BCUT2D eigenvalue weighted by Crippen LogP contribution is 2.40. The summed E-state index contributed by atoms with van der Waals surface area (Å²) in [6.07, 6.45) is 3.33. The predicted octanol–water partition coefficient (Wildman–Crippen LogP) is 5.48. The van der Waals surface area contributed by atoms with Crippen LogP contribution in [0.1, 0.15) is 0 Å². The topological polar surface area (TPSA) is 87.5 Å². The summed E-state index contributed by atoms with van der Waals surface area (Å²) in [4.78, 5) is 26.8. The molecule has 6 rings (SSSR count). The van der Waals surface area contributed by atoms with Gasteiger partial charge in [0.15, 0.2) is 0 Å². The van der Waals surface area contributed by atoms with E-state index >= 15 is 0 Å². The predicted molar refractivity (Wildman–Crippen MR) is 164 cm³/mol. The Morgan fingerprint density at radius 3 is 2.67 bits per heavy atom. The van der Waals surface area contributed by atoms with Crippen molar-refractivity contribution in [3.63, 3.8) is 0 Å². The summed E-state index contributed by atoms with van der Waals surface area (Å²) in [5.74, 6) is 0.796. The number of rotatable bonds is 7. The van der Waals surface area contributed by atoms with Gasteiger partial charge < -0.3 is 29.7 Å². The molecule has 3 aromatic heterocycles. The Kier molecular flexibility index (Phi) is 6.87. The number of methoxy groups -OCH3 is 1. The van der Waals surface area contributed by atoms with Gasteiger partial charge in [0.25, 0.3) is 0 Å². The lowest BCUT2D eigenvalue weighted by molar-refractivity contribution is -0.111. The molecule has 0 saturated carbocycles. The first-order chi connectivity index (χ1) is 19.4. The van der Waals surface area contributed by atoms with Crippen molar-refractivity contribution in [1.82, 2.24) is 19.4 Å². The van der Waals surface area contributed by atoms with Gasteiger partial charge in [-0.05, 0) is 36.7 Å². The molecule has 0 atom stereocenters. The number of amides is 1. The molecular formula is C30H31N7O2S. The third-order valence-electron chi connectivity index (χ3n) is 7.31. The maximum Gasteiger partial charge on any atom is 0.247 e. The molecule has 0 spiro atoms. The molecule has 40 heavy (non-hydrogen) atoms. The van der Waals surface area contributed by atoms with Crippen LogP contribution in [0.2, 0.25) is 0 Å². The number of anilines is 4. The zero-order valence-electron chi connectivity index (χ0n) is 22.8. The monoisotopic (exact) mass is 553 g/mol. The van der Waals surface area contributed by atoms with Crippen molar-refractivity contribution in [3.05, 3.63) is 66.7 Å². The van der Waals surface area contributed by atoms with Crippen LogP contribution < -0.4 is 20.3 Å². The van der Waals surface area contributed by atoms with Crippen molar-refractivity contribution >= 4 is 61.4 Å². The van der Waals surface area contributed by atoms with E-state index in [0.29, 0.717) is 23.1 Å². The summed E-state index contributed by atoms with van der Waals surface area (Å²) >= 11 is 1.63. The lowest BCUT2D eigenvalue weighted by atomic mass is 10.1. The van der Waals surface area contributed by atoms with Gasteiger partial charge in [-0.2, -0.15) is 0 Å². The number of carbonyl (C=O) groups excluding carboxylic acids is 1. The number of aryl methyl sites for hydroxylation is 1. The number of hydrogen-bond acceptors (Lipinski definition) is 8. The van der Waals surface area contributed by atoms with Crippen LogP contribution in [-0.2, 0) is 11.8 Å². The first kappa shape index (κ1) is 25.8. The van der Waals surface area contributed by atoms with Crippen molar-refractivity contribution in [2.75, 3.05) is 55.9 Å². The molecule has 0 aliphatic carbocycles. The second-order valence-electron chi connectivity index (χ2n) is 9.88. The van der Waals surface area contributed by atoms with Gasteiger partial charge in [0.05, 0.1) is 45.6 Å². The first-order valence-corrected chi connectivity index (χ1v) is 14.0. The Bertz CT molecular complexity index is 1730. The largest absolute Gasteiger partial charge is 0.494 e. The summed E-state index contributed by atoms with van der Waals surface area (Å²) in [7, 11) is 5.80. The van der Waals surface area contributed by atoms with Crippen molar-refractivity contribution in [2.45, 2.75) is 0 Å². The second-order valence-corrected chi connectivity index (χ2v) is 10.8. The van der Waals surface area contributed by atoms with Crippen molar-refractivity contribution in [2.24, 2.45) is 7.05 Å².